The van der Waals surface area contributed by atoms with Crippen molar-refractivity contribution in [2.75, 3.05) is 0 Å². The Morgan fingerprint density at radius 2 is 1.59 bits per heavy atom. The first-order valence-electron chi connectivity index (χ1n) is 5.53. The van der Waals surface area contributed by atoms with E-state index in [1.807, 2.05) is 28.8 Å². The zero-order chi connectivity index (χ0) is 12.3. The molecule has 0 saturated carbocycles. The number of benzene rings is 1. The summed E-state index contributed by atoms with van der Waals surface area (Å²) in [5.74, 6) is 3.23. The van der Waals surface area contributed by atoms with Gasteiger partial charge in [-0.1, -0.05) is 25.6 Å². The van der Waals surface area contributed by atoms with Gasteiger partial charge in [-0.05, 0) is 24.3 Å². The minimum atomic E-state index is -1.29. The van der Waals surface area contributed by atoms with E-state index in [2.05, 4.69) is 41.3 Å². The Kier molecular flexibility index (Phi) is 3.11. The van der Waals surface area contributed by atoms with Gasteiger partial charge in [0.15, 0.2) is 0 Å². The monoisotopic (exact) mass is 241 g/mol. The maximum Gasteiger partial charge on any atom is 0.129 e. The standard InChI is InChI=1S/C13H15N3Si/c1-17(2,3)9-8-12-4-6-13(7-5-12)16-10-14-15-11-16/h4-7,10-11H,1-3H3. The third-order valence-electron chi connectivity index (χ3n) is 2.17. The van der Waals surface area contributed by atoms with Gasteiger partial charge in [0.25, 0.3) is 0 Å². The molecule has 17 heavy (non-hydrogen) atoms. The van der Waals surface area contributed by atoms with E-state index in [0.717, 1.165) is 11.3 Å². The molecule has 1 aromatic carbocycles. The van der Waals surface area contributed by atoms with Crippen LogP contribution in [0, 0.1) is 11.5 Å². The van der Waals surface area contributed by atoms with E-state index in [9.17, 15) is 0 Å². The van der Waals surface area contributed by atoms with E-state index >= 15 is 0 Å². The van der Waals surface area contributed by atoms with Crippen molar-refractivity contribution in [3.8, 4) is 17.2 Å². The van der Waals surface area contributed by atoms with E-state index in [1.165, 1.54) is 0 Å². The van der Waals surface area contributed by atoms with Crippen molar-refractivity contribution in [2.45, 2.75) is 19.6 Å². The van der Waals surface area contributed by atoms with Gasteiger partial charge in [0.1, 0.15) is 20.7 Å². The number of hydrogen-bond donors (Lipinski definition) is 0. The Hall–Kier alpha value is -1.86. The van der Waals surface area contributed by atoms with Gasteiger partial charge in [-0.2, -0.15) is 0 Å². The van der Waals surface area contributed by atoms with Gasteiger partial charge in [-0.15, -0.1) is 15.7 Å². The minimum Gasteiger partial charge on any atom is -0.288 e. The molecule has 1 aromatic heterocycles. The Morgan fingerprint density at radius 3 is 2.12 bits per heavy atom. The van der Waals surface area contributed by atoms with Crippen molar-refractivity contribution < 1.29 is 0 Å². The molecule has 0 bridgehead atoms. The summed E-state index contributed by atoms with van der Waals surface area (Å²) in [5.41, 5.74) is 5.46. The molecule has 0 aliphatic rings. The van der Waals surface area contributed by atoms with Gasteiger partial charge >= 0.3 is 0 Å². The summed E-state index contributed by atoms with van der Waals surface area (Å²) in [7, 11) is -1.29. The van der Waals surface area contributed by atoms with Crippen LogP contribution < -0.4 is 0 Å². The molecule has 0 fully saturated rings. The predicted octanol–water partition coefficient (Wildman–Crippen LogP) is 2.50. The van der Waals surface area contributed by atoms with Crippen LogP contribution in [0.5, 0.6) is 0 Å². The van der Waals surface area contributed by atoms with Crippen molar-refractivity contribution >= 4 is 8.07 Å². The van der Waals surface area contributed by atoms with E-state index < -0.39 is 8.07 Å². The lowest BCUT2D eigenvalue weighted by atomic mass is 10.2. The Morgan fingerprint density at radius 1 is 1.00 bits per heavy atom. The second-order valence-electron chi connectivity index (χ2n) is 4.92. The highest BCUT2D eigenvalue weighted by Gasteiger charge is 2.07. The SMILES string of the molecule is C[Si](C)(C)C#Cc1ccc(-n2cnnc2)cc1. The molecule has 0 unspecified atom stereocenters. The Labute approximate surface area is 103 Å². The molecule has 4 heteroatoms. The van der Waals surface area contributed by atoms with Crippen molar-refractivity contribution in [3.63, 3.8) is 0 Å². The average molecular weight is 241 g/mol. The fourth-order valence-corrected chi connectivity index (χ4v) is 1.83. The van der Waals surface area contributed by atoms with Crippen molar-refractivity contribution in [2.24, 2.45) is 0 Å². The van der Waals surface area contributed by atoms with Crippen molar-refractivity contribution in [1.29, 1.82) is 0 Å². The molecule has 0 aliphatic heterocycles. The van der Waals surface area contributed by atoms with Crippen LogP contribution in [0.4, 0.5) is 0 Å². The highest BCUT2D eigenvalue weighted by atomic mass is 28.3. The van der Waals surface area contributed by atoms with Crippen LogP contribution in [-0.4, -0.2) is 22.8 Å². The van der Waals surface area contributed by atoms with Crippen LogP contribution >= 0.6 is 0 Å². The van der Waals surface area contributed by atoms with Gasteiger partial charge < -0.3 is 0 Å². The summed E-state index contributed by atoms with van der Waals surface area (Å²) >= 11 is 0. The average Bonchev–Trinajstić information content (AvgIpc) is 2.79. The molecule has 0 saturated heterocycles. The third kappa shape index (κ3) is 3.30. The molecule has 0 aliphatic carbocycles. The zero-order valence-corrected chi connectivity index (χ0v) is 11.3. The Balaban J connectivity index is 2.21. The lowest BCUT2D eigenvalue weighted by molar-refractivity contribution is 1.06. The van der Waals surface area contributed by atoms with E-state index in [0.29, 0.717) is 0 Å². The van der Waals surface area contributed by atoms with Crippen LogP contribution in [0.15, 0.2) is 36.9 Å². The van der Waals surface area contributed by atoms with Crippen LogP contribution in [-0.2, 0) is 0 Å². The third-order valence-corrected chi connectivity index (χ3v) is 3.04. The van der Waals surface area contributed by atoms with Crippen LogP contribution in [0.1, 0.15) is 5.56 Å². The van der Waals surface area contributed by atoms with E-state index in [1.54, 1.807) is 12.7 Å². The van der Waals surface area contributed by atoms with Gasteiger partial charge in [0.05, 0.1) is 0 Å². The topological polar surface area (TPSA) is 30.7 Å². The lowest BCUT2D eigenvalue weighted by Gasteiger charge is -2.04. The van der Waals surface area contributed by atoms with E-state index in [4.69, 9.17) is 0 Å². The van der Waals surface area contributed by atoms with Crippen molar-refractivity contribution in [3.05, 3.63) is 42.5 Å². The molecular weight excluding hydrogens is 226 g/mol. The molecule has 3 nitrogen and oxygen atoms in total. The largest absolute Gasteiger partial charge is 0.288 e. The number of hydrogen-bond acceptors (Lipinski definition) is 2. The summed E-state index contributed by atoms with van der Waals surface area (Å²) in [6.45, 7) is 6.72. The van der Waals surface area contributed by atoms with Gasteiger partial charge in [0.2, 0.25) is 0 Å². The number of nitrogens with zero attached hydrogens (tertiary/aromatic N) is 3. The zero-order valence-electron chi connectivity index (χ0n) is 10.3. The lowest BCUT2D eigenvalue weighted by Crippen LogP contribution is -2.16. The molecule has 0 radical (unpaired) electrons. The van der Waals surface area contributed by atoms with Gasteiger partial charge in [0, 0.05) is 11.3 Å². The quantitative estimate of drug-likeness (QED) is 0.567. The van der Waals surface area contributed by atoms with Crippen LogP contribution in [0.25, 0.3) is 5.69 Å². The summed E-state index contributed by atoms with van der Waals surface area (Å²) < 4.78 is 1.87. The predicted molar refractivity (Wildman–Crippen MR) is 71.6 cm³/mol. The highest BCUT2D eigenvalue weighted by molar-refractivity contribution is 6.83. The molecule has 2 aromatic rings. The first-order valence-corrected chi connectivity index (χ1v) is 9.03. The summed E-state index contributed by atoms with van der Waals surface area (Å²) in [5, 5.41) is 7.56. The van der Waals surface area contributed by atoms with Gasteiger partial charge in [-0.3, -0.25) is 4.57 Å². The summed E-state index contributed by atoms with van der Waals surface area (Å²) in [4.78, 5) is 0. The maximum absolute atomic E-state index is 3.78. The fourth-order valence-electron chi connectivity index (χ4n) is 1.31. The summed E-state index contributed by atoms with van der Waals surface area (Å²) in [6, 6.07) is 8.11. The molecule has 2 rings (SSSR count). The molecule has 0 spiro atoms. The summed E-state index contributed by atoms with van der Waals surface area (Å²) in [6.07, 6.45) is 3.37. The molecular formula is C13H15N3Si. The smallest absolute Gasteiger partial charge is 0.129 e. The highest BCUT2D eigenvalue weighted by Crippen LogP contribution is 2.08. The first kappa shape index (κ1) is 11.6. The first-order chi connectivity index (χ1) is 8.04. The van der Waals surface area contributed by atoms with Crippen molar-refractivity contribution in [1.82, 2.24) is 14.8 Å². The molecule has 0 amide bonds. The Bertz CT molecular complexity index is 539. The number of aromatic nitrogens is 3. The molecule has 1 heterocycles. The minimum absolute atomic E-state index is 1.05. The van der Waals surface area contributed by atoms with E-state index in [-0.39, 0.29) is 0 Å². The normalized spacial score (nSPS) is 10.8. The maximum atomic E-state index is 3.78. The second-order valence-corrected chi connectivity index (χ2v) is 9.67. The second kappa shape index (κ2) is 4.56. The van der Waals surface area contributed by atoms with Gasteiger partial charge in [-0.25, -0.2) is 0 Å². The molecule has 0 N–H and O–H groups in total. The molecule has 86 valence electrons. The number of rotatable bonds is 1. The fraction of sp³-hybridized carbons (Fsp3) is 0.231. The van der Waals surface area contributed by atoms with Crippen LogP contribution in [0.3, 0.4) is 0 Å². The van der Waals surface area contributed by atoms with Crippen LogP contribution in [0.2, 0.25) is 19.6 Å². The molecule has 0 atom stereocenters.